The second-order valence-corrected chi connectivity index (χ2v) is 4.23. The lowest BCUT2D eigenvalue weighted by Gasteiger charge is -2.09. The summed E-state index contributed by atoms with van der Waals surface area (Å²) >= 11 is 0. The molecule has 1 rings (SSSR count). The van der Waals surface area contributed by atoms with Crippen LogP contribution in [0, 0.1) is 0 Å². The monoisotopic (exact) mass is 281 g/mol. The number of benzene rings is 1. The molecule has 0 aliphatic rings. The molecule has 20 heavy (non-hydrogen) atoms. The number of hydrogen-bond acceptors (Lipinski definition) is 4. The summed E-state index contributed by atoms with van der Waals surface area (Å²) in [6.07, 6.45) is -0.605. The zero-order valence-corrected chi connectivity index (χ0v) is 11.6. The summed E-state index contributed by atoms with van der Waals surface area (Å²) in [5, 5.41) is 11.3. The van der Waals surface area contributed by atoms with E-state index in [-0.39, 0.29) is 25.5 Å². The van der Waals surface area contributed by atoms with Gasteiger partial charge < -0.3 is 19.9 Å². The van der Waals surface area contributed by atoms with Crippen molar-refractivity contribution >= 4 is 11.9 Å². The lowest BCUT2D eigenvalue weighted by molar-refractivity contribution is -0.148. The maximum atomic E-state index is 11.6. The SMILES string of the molecule is COc1ccc(CC(=O)NCCOC(C)C(=O)O)cc1. The van der Waals surface area contributed by atoms with Gasteiger partial charge in [0.1, 0.15) is 5.75 Å². The Kier molecular flexibility index (Phi) is 6.52. The Bertz CT molecular complexity index is 443. The van der Waals surface area contributed by atoms with Crippen LogP contribution in [0.25, 0.3) is 0 Å². The highest BCUT2D eigenvalue weighted by atomic mass is 16.5. The predicted molar refractivity (Wildman–Crippen MR) is 72.8 cm³/mol. The van der Waals surface area contributed by atoms with E-state index in [2.05, 4.69) is 5.32 Å². The van der Waals surface area contributed by atoms with Crippen LogP contribution < -0.4 is 10.1 Å². The second-order valence-electron chi connectivity index (χ2n) is 4.23. The van der Waals surface area contributed by atoms with Crippen molar-refractivity contribution in [2.45, 2.75) is 19.4 Å². The molecule has 6 nitrogen and oxygen atoms in total. The Balaban J connectivity index is 2.24. The number of carbonyl (C=O) groups excluding carboxylic acids is 1. The first-order valence-electron chi connectivity index (χ1n) is 6.27. The minimum Gasteiger partial charge on any atom is -0.497 e. The molecule has 0 fully saturated rings. The third-order valence-corrected chi connectivity index (χ3v) is 2.66. The number of carbonyl (C=O) groups is 2. The van der Waals surface area contributed by atoms with E-state index in [1.54, 1.807) is 19.2 Å². The first-order valence-corrected chi connectivity index (χ1v) is 6.27. The van der Waals surface area contributed by atoms with Gasteiger partial charge in [-0.25, -0.2) is 4.79 Å². The summed E-state index contributed by atoms with van der Waals surface area (Å²) in [4.78, 5) is 22.1. The number of hydrogen-bond donors (Lipinski definition) is 2. The number of methoxy groups -OCH3 is 1. The van der Waals surface area contributed by atoms with Crippen molar-refractivity contribution in [1.82, 2.24) is 5.32 Å². The van der Waals surface area contributed by atoms with Crippen LogP contribution in [0.5, 0.6) is 5.75 Å². The first-order chi connectivity index (χ1) is 9.52. The highest BCUT2D eigenvalue weighted by Crippen LogP contribution is 2.11. The molecule has 0 saturated carbocycles. The van der Waals surface area contributed by atoms with Crippen molar-refractivity contribution < 1.29 is 24.2 Å². The standard InChI is InChI=1S/C14H19NO5/c1-10(14(17)18)20-8-7-15-13(16)9-11-3-5-12(19-2)6-4-11/h3-6,10H,7-9H2,1-2H3,(H,15,16)(H,17,18). The van der Waals surface area contributed by atoms with Crippen LogP contribution in [0.2, 0.25) is 0 Å². The van der Waals surface area contributed by atoms with E-state index >= 15 is 0 Å². The molecule has 0 radical (unpaired) electrons. The van der Waals surface area contributed by atoms with Crippen LogP contribution in [-0.4, -0.2) is 43.3 Å². The Morgan fingerprint density at radius 3 is 2.50 bits per heavy atom. The number of amides is 1. The molecule has 110 valence electrons. The van der Waals surface area contributed by atoms with Gasteiger partial charge in [-0.05, 0) is 24.6 Å². The lowest BCUT2D eigenvalue weighted by atomic mass is 10.1. The van der Waals surface area contributed by atoms with Gasteiger partial charge in [-0.3, -0.25) is 4.79 Å². The van der Waals surface area contributed by atoms with Gasteiger partial charge in [0, 0.05) is 6.54 Å². The Labute approximate surface area is 117 Å². The number of ether oxygens (including phenoxy) is 2. The van der Waals surface area contributed by atoms with Crippen molar-refractivity contribution in [3.8, 4) is 5.75 Å². The second kappa shape index (κ2) is 8.16. The maximum absolute atomic E-state index is 11.6. The molecule has 0 bridgehead atoms. The summed E-state index contributed by atoms with van der Waals surface area (Å²) in [5.74, 6) is -0.415. The van der Waals surface area contributed by atoms with Crippen molar-refractivity contribution in [3.63, 3.8) is 0 Å². The van der Waals surface area contributed by atoms with Crippen LogP contribution in [0.15, 0.2) is 24.3 Å². The normalized spacial score (nSPS) is 11.7. The minimum atomic E-state index is -1.02. The summed E-state index contributed by atoms with van der Waals surface area (Å²) in [5.41, 5.74) is 0.878. The third-order valence-electron chi connectivity index (χ3n) is 2.66. The number of rotatable bonds is 8. The molecule has 1 aromatic carbocycles. The van der Waals surface area contributed by atoms with E-state index in [1.807, 2.05) is 12.1 Å². The van der Waals surface area contributed by atoms with E-state index in [1.165, 1.54) is 6.92 Å². The molecule has 1 unspecified atom stereocenters. The first kappa shape index (κ1) is 16.0. The lowest BCUT2D eigenvalue weighted by Crippen LogP contribution is -2.31. The summed E-state index contributed by atoms with van der Waals surface area (Å²) in [6, 6.07) is 7.23. The van der Waals surface area contributed by atoms with Crippen LogP contribution in [0.1, 0.15) is 12.5 Å². The zero-order chi connectivity index (χ0) is 15.0. The van der Waals surface area contributed by atoms with Gasteiger partial charge in [-0.2, -0.15) is 0 Å². The van der Waals surface area contributed by atoms with Crippen LogP contribution in [0.3, 0.4) is 0 Å². The Morgan fingerprint density at radius 1 is 1.30 bits per heavy atom. The Hall–Kier alpha value is -2.08. The van der Waals surface area contributed by atoms with Gasteiger partial charge in [0.2, 0.25) is 5.91 Å². The zero-order valence-electron chi connectivity index (χ0n) is 11.6. The fraction of sp³-hybridized carbons (Fsp3) is 0.429. The van der Waals surface area contributed by atoms with Crippen molar-refractivity contribution in [1.29, 1.82) is 0 Å². The molecule has 6 heteroatoms. The van der Waals surface area contributed by atoms with Crippen molar-refractivity contribution in [2.24, 2.45) is 0 Å². The topological polar surface area (TPSA) is 84.9 Å². The van der Waals surface area contributed by atoms with E-state index in [0.29, 0.717) is 0 Å². The average Bonchev–Trinajstić information content (AvgIpc) is 2.44. The molecule has 0 aromatic heterocycles. The fourth-order valence-electron chi connectivity index (χ4n) is 1.49. The number of carboxylic acids is 1. The van der Waals surface area contributed by atoms with Crippen molar-refractivity contribution in [3.05, 3.63) is 29.8 Å². The Morgan fingerprint density at radius 2 is 1.95 bits per heavy atom. The van der Waals surface area contributed by atoms with E-state index in [9.17, 15) is 9.59 Å². The average molecular weight is 281 g/mol. The van der Waals surface area contributed by atoms with Gasteiger partial charge in [-0.1, -0.05) is 12.1 Å². The number of nitrogens with one attached hydrogen (secondary N) is 1. The highest BCUT2D eigenvalue weighted by Gasteiger charge is 2.10. The van der Waals surface area contributed by atoms with Gasteiger partial charge in [0.15, 0.2) is 6.10 Å². The molecule has 0 saturated heterocycles. The largest absolute Gasteiger partial charge is 0.497 e. The molecule has 0 aliphatic carbocycles. The van der Waals surface area contributed by atoms with Crippen molar-refractivity contribution in [2.75, 3.05) is 20.3 Å². The van der Waals surface area contributed by atoms with E-state index < -0.39 is 12.1 Å². The summed E-state index contributed by atoms with van der Waals surface area (Å²) < 4.78 is 10.0. The molecule has 1 amide bonds. The molecule has 1 aromatic rings. The molecule has 2 N–H and O–H groups in total. The quantitative estimate of drug-likeness (QED) is 0.690. The molecular weight excluding hydrogens is 262 g/mol. The minimum absolute atomic E-state index is 0.137. The number of carboxylic acid groups (broad SMARTS) is 1. The molecule has 0 spiro atoms. The van der Waals surface area contributed by atoms with E-state index in [0.717, 1.165) is 11.3 Å². The third kappa shape index (κ3) is 5.71. The molecule has 0 aliphatic heterocycles. The van der Waals surface area contributed by atoms with Gasteiger partial charge in [-0.15, -0.1) is 0 Å². The smallest absolute Gasteiger partial charge is 0.332 e. The molecular formula is C14H19NO5. The molecule has 0 heterocycles. The van der Waals surface area contributed by atoms with Gasteiger partial charge in [0.25, 0.3) is 0 Å². The fourth-order valence-corrected chi connectivity index (χ4v) is 1.49. The van der Waals surface area contributed by atoms with Gasteiger partial charge in [0.05, 0.1) is 20.1 Å². The predicted octanol–water partition coefficient (Wildman–Crippen LogP) is 0.844. The van der Waals surface area contributed by atoms with Crippen LogP contribution >= 0.6 is 0 Å². The molecule has 1 atom stereocenters. The highest BCUT2D eigenvalue weighted by molar-refractivity contribution is 5.78. The summed E-state index contributed by atoms with van der Waals surface area (Å²) in [7, 11) is 1.58. The van der Waals surface area contributed by atoms with Crippen LogP contribution in [0.4, 0.5) is 0 Å². The number of aliphatic carboxylic acids is 1. The van der Waals surface area contributed by atoms with E-state index in [4.69, 9.17) is 14.6 Å². The van der Waals surface area contributed by atoms with Crippen LogP contribution in [-0.2, 0) is 20.7 Å². The maximum Gasteiger partial charge on any atom is 0.332 e. The van der Waals surface area contributed by atoms with Gasteiger partial charge >= 0.3 is 5.97 Å². The summed E-state index contributed by atoms with van der Waals surface area (Å²) in [6.45, 7) is 1.90.